The van der Waals surface area contributed by atoms with Crippen LogP contribution in [0.2, 0.25) is 0 Å². The fourth-order valence-corrected chi connectivity index (χ4v) is 6.66. The molecule has 0 atom stereocenters. The first-order valence-corrected chi connectivity index (χ1v) is 9.96. The van der Waals surface area contributed by atoms with Gasteiger partial charge in [-0.2, -0.15) is 0 Å². The summed E-state index contributed by atoms with van der Waals surface area (Å²) in [5.41, 5.74) is 6.14. The number of nitrogens with two attached hydrogens (primary N) is 1. The van der Waals surface area contributed by atoms with E-state index >= 15 is 0 Å². The zero-order chi connectivity index (χ0) is 14.9. The highest BCUT2D eigenvalue weighted by Gasteiger charge is 2.21. The Balaban J connectivity index is 2.27. The normalized spacial score (nSPS) is 11.8. The van der Waals surface area contributed by atoms with Crippen LogP contribution in [0.1, 0.15) is 4.88 Å². The van der Waals surface area contributed by atoms with Gasteiger partial charge in [0.1, 0.15) is 4.90 Å². The van der Waals surface area contributed by atoms with E-state index in [0.717, 1.165) is 8.66 Å². The first kappa shape index (κ1) is 16.4. The Morgan fingerprint density at radius 1 is 1.15 bits per heavy atom. The van der Waals surface area contributed by atoms with Crippen LogP contribution < -0.4 is 10.5 Å². The summed E-state index contributed by atoms with van der Waals surface area (Å²) >= 11 is 11.3. The minimum atomic E-state index is -3.64. The minimum absolute atomic E-state index is 0.141. The molecule has 0 aliphatic carbocycles. The van der Waals surface area contributed by atoms with Gasteiger partial charge >= 0.3 is 0 Å². The number of halogens is 3. The Morgan fingerprint density at radius 3 is 2.25 bits per heavy atom. The van der Waals surface area contributed by atoms with Crippen molar-refractivity contribution in [2.24, 2.45) is 0 Å². The zero-order valence-corrected chi connectivity index (χ0v) is 16.3. The molecule has 0 saturated carbocycles. The molecule has 1 heterocycles. The van der Waals surface area contributed by atoms with Crippen molar-refractivity contribution in [1.82, 2.24) is 4.72 Å². The highest BCUT2D eigenvalue weighted by molar-refractivity contribution is 9.11. The van der Waals surface area contributed by atoms with Gasteiger partial charge in [0.15, 0.2) is 0 Å². The smallest absolute Gasteiger partial charge is 0.243 e. The average Bonchev–Trinajstić information content (AvgIpc) is 2.71. The molecule has 0 aliphatic heterocycles. The van der Waals surface area contributed by atoms with Crippen LogP contribution in [0.3, 0.4) is 0 Å². The van der Waals surface area contributed by atoms with Crippen molar-refractivity contribution in [3.05, 3.63) is 41.9 Å². The molecule has 2 rings (SSSR count). The third-order valence-electron chi connectivity index (χ3n) is 2.35. The minimum Gasteiger partial charge on any atom is -0.399 e. The van der Waals surface area contributed by atoms with Crippen molar-refractivity contribution in [3.8, 4) is 0 Å². The van der Waals surface area contributed by atoms with Gasteiger partial charge in [-0.1, -0.05) is 0 Å². The van der Waals surface area contributed by atoms with Gasteiger partial charge in [0.05, 0.1) is 3.79 Å². The number of rotatable bonds is 4. The summed E-state index contributed by atoms with van der Waals surface area (Å²) in [6.45, 7) is 0.238. The maximum atomic E-state index is 12.3. The first-order chi connectivity index (χ1) is 9.29. The number of sulfonamides is 1. The molecule has 0 aliphatic rings. The van der Waals surface area contributed by atoms with Crippen molar-refractivity contribution in [2.75, 3.05) is 5.73 Å². The second-order valence-corrected chi connectivity index (χ2v) is 9.80. The van der Waals surface area contributed by atoms with Crippen molar-refractivity contribution >= 4 is 74.8 Å². The van der Waals surface area contributed by atoms with E-state index in [1.54, 1.807) is 12.1 Å². The molecule has 2 aromatic rings. The number of benzene rings is 1. The van der Waals surface area contributed by atoms with Crippen LogP contribution in [-0.2, 0) is 16.6 Å². The third kappa shape index (κ3) is 3.83. The lowest BCUT2D eigenvalue weighted by molar-refractivity contribution is 0.581. The fourth-order valence-electron chi connectivity index (χ4n) is 1.52. The van der Waals surface area contributed by atoms with Crippen LogP contribution in [0.5, 0.6) is 0 Å². The van der Waals surface area contributed by atoms with Crippen molar-refractivity contribution in [2.45, 2.75) is 11.4 Å². The summed E-state index contributed by atoms with van der Waals surface area (Å²) in [6.07, 6.45) is 0. The summed E-state index contributed by atoms with van der Waals surface area (Å²) in [5.74, 6) is 0. The summed E-state index contributed by atoms with van der Waals surface area (Å²) in [5, 5.41) is 0. The first-order valence-electron chi connectivity index (χ1n) is 5.28. The molecule has 9 heteroatoms. The van der Waals surface area contributed by atoms with Crippen LogP contribution in [0, 0.1) is 0 Å². The lowest BCUT2D eigenvalue weighted by Crippen LogP contribution is -2.23. The molecule has 0 spiro atoms. The van der Waals surface area contributed by atoms with Gasteiger partial charge in [-0.15, -0.1) is 11.3 Å². The molecule has 3 N–H and O–H groups in total. The standard InChI is InChI=1S/C11H9Br3N2O2S2/c12-8-3-6(15)4-9(13)11(8)20(17,18)16-5-7-1-2-10(14)19-7/h1-4,16H,5,15H2. The highest BCUT2D eigenvalue weighted by atomic mass is 79.9. The van der Waals surface area contributed by atoms with E-state index in [1.165, 1.54) is 11.3 Å². The average molecular weight is 505 g/mol. The quantitative estimate of drug-likeness (QED) is 0.616. The predicted octanol–water partition coefficient (Wildman–Crippen LogP) is 4.10. The maximum Gasteiger partial charge on any atom is 0.243 e. The molecule has 0 bridgehead atoms. The van der Waals surface area contributed by atoms with Crippen LogP contribution >= 0.6 is 59.1 Å². The molecule has 1 aromatic heterocycles. The van der Waals surface area contributed by atoms with Crippen LogP contribution in [0.25, 0.3) is 0 Å². The number of anilines is 1. The van der Waals surface area contributed by atoms with E-state index in [4.69, 9.17) is 5.73 Å². The van der Waals surface area contributed by atoms with E-state index in [2.05, 4.69) is 52.5 Å². The Kier molecular flexibility index (Phi) is 5.30. The highest BCUT2D eigenvalue weighted by Crippen LogP contribution is 2.32. The fraction of sp³-hybridized carbons (Fsp3) is 0.0909. The van der Waals surface area contributed by atoms with Gasteiger partial charge in [0.25, 0.3) is 0 Å². The second kappa shape index (κ2) is 6.45. The van der Waals surface area contributed by atoms with Crippen molar-refractivity contribution < 1.29 is 8.42 Å². The molecule has 108 valence electrons. The van der Waals surface area contributed by atoms with Gasteiger partial charge in [-0.25, -0.2) is 13.1 Å². The lowest BCUT2D eigenvalue weighted by atomic mass is 10.3. The summed E-state index contributed by atoms with van der Waals surface area (Å²) < 4.78 is 29.1. The summed E-state index contributed by atoms with van der Waals surface area (Å²) in [4.78, 5) is 1.06. The van der Waals surface area contributed by atoms with E-state index in [1.807, 2.05) is 12.1 Å². The molecule has 0 fully saturated rings. The predicted molar refractivity (Wildman–Crippen MR) is 92.3 cm³/mol. The number of hydrogen-bond donors (Lipinski definition) is 2. The number of thiophene rings is 1. The van der Waals surface area contributed by atoms with Gasteiger partial charge in [-0.05, 0) is 72.1 Å². The van der Waals surface area contributed by atoms with Crippen LogP contribution in [-0.4, -0.2) is 8.42 Å². The number of nitrogen functional groups attached to an aromatic ring is 1. The Morgan fingerprint density at radius 2 is 1.75 bits per heavy atom. The maximum absolute atomic E-state index is 12.3. The van der Waals surface area contributed by atoms with E-state index in [0.29, 0.717) is 14.6 Å². The summed E-state index contributed by atoms with van der Waals surface area (Å²) in [6, 6.07) is 6.86. The molecule has 0 radical (unpaired) electrons. The Hall–Kier alpha value is 0.0700. The largest absolute Gasteiger partial charge is 0.399 e. The van der Waals surface area contributed by atoms with E-state index in [-0.39, 0.29) is 11.4 Å². The Labute approximate surface area is 146 Å². The van der Waals surface area contributed by atoms with E-state index < -0.39 is 10.0 Å². The SMILES string of the molecule is Nc1cc(Br)c(S(=O)(=O)NCc2ccc(Br)s2)c(Br)c1. The van der Waals surface area contributed by atoms with Crippen molar-refractivity contribution in [3.63, 3.8) is 0 Å². The molecular formula is C11H9Br3N2O2S2. The monoisotopic (exact) mass is 502 g/mol. The molecular weight excluding hydrogens is 496 g/mol. The lowest BCUT2D eigenvalue weighted by Gasteiger charge is -2.10. The topological polar surface area (TPSA) is 72.2 Å². The zero-order valence-electron chi connectivity index (χ0n) is 9.86. The number of hydrogen-bond acceptors (Lipinski definition) is 4. The molecule has 4 nitrogen and oxygen atoms in total. The van der Waals surface area contributed by atoms with Crippen molar-refractivity contribution in [1.29, 1.82) is 0 Å². The number of nitrogens with one attached hydrogen (secondary N) is 1. The molecule has 1 aromatic carbocycles. The van der Waals surface area contributed by atoms with Gasteiger partial charge in [0, 0.05) is 26.1 Å². The molecule has 20 heavy (non-hydrogen) atoms. The van der Waals surface area contributed by atoms with Gasteiger partial charge in [-0.3, -0.25) is 0 Å². The molecule has 0 saturated heterocycles. The third-order valence-corrected chi connectivity index (χ3v) is 7.26. The molecule has 0 amide bonds. The molecule has 0 unspecified atom stereocenters. The van der Waals surface area contributed by atoms with Gasteiger partial charge < -0.3 is 5.73 Å². The summed E-state index contributed by atoms with van der Waals surface area (Å²) in [7, 11) is -3.64. The van der Waals surface area contributed by atoms with Gasteiger partial charge in [0.2, 0.25) is 10.0 Å². The van der Waals surface area contributed by atoms with Crippen LogP contribution in [0.4, 0.5) is 5.69 Å². The second-order valence-electron chi connectivity index (χ2n) is 3.84. The van der Waals surface area contributed by atoms with E-state index in [9.17, 15) is 8.42 Å². The Bertz CT molecular complexity index is 721. The van der Waals surface area contributed by atoms with Crippen LogP contribution in [0.15, 0.2) is 41.9 Å².